The molecule has 0 saturated heterocycles. The van der Waals surface area contributed by atoms with Crippen molar-refractivity contribution in [1.29, 1.82) is 0 Å². The molecule has 0 aromatic heterocycles. The monoisotopic (exact) mass is 428 g/mol. The highest BCUT2D eigenvalue weighted by Crippen LogP contribution is 2.56. The number of alkyl halides is 6. The van der Waals surface area contributed by atoms with E-state index in [0.29, 0.717) is 12.2 Å². The molecule has 0 aliphatic heterocycles. The average molecular weight is 428 g/mol. The first-order valence-corrected chi connectivity index (χ1v) is 9.01. The lowest BCUT2D eigenvalue weighted by atomic mass is 9.73. The summed E-state index contributed by atoms with van der Waals surface area (Å²) in [6.45, 7) is 0. The molecule has 0 heterocycles. The van der Waals surface area contributed by atoms with Crippen LogP contribution in [0.25, 0.3) is 0 Å². The van der Waals surface area contributed by atoms with Crippen LogP contribution in [0.1, 0.15) is 24.0 Å². The molecule has 160 valence electrons. The Bertz CT molecular complexity index is 908. The normalized spacial score (nSPS) is 15.0. The van der Waals surface area contributed by atoms with Gasteiger partial charge >= 0.3 is 12.4 Å². The van der Waals surface area contributed by atoms with Crippen molar-refractivity contribution >= 4 is 0 Å². The van der Waals surface area contributed by atoms with E-state index in [-0.39, 0.29) is 11.5 Å². The number of rotatable bonds is 5. The zero-order valence-corrected chi connectivity index (χ0v) is 15.8. The van der Waals surface area contributed by atoms with Crippen LogP contribution >= 0.6 is 0 Å². The van der Waals surface area contributed by atoms with Crippen LogP contribution in [-0.4, -0.2) is 19.5 Å². The van der Waals surface area contributed by atoms with Gasteiger partial charge in [-0.25, -0.2) is 0 Å². The van der Waals surface area contributed by atoms with E-state index in [0.717, 1.165) is 55.0 Å². The molecule has 0 amide bonds. The third-order valence-corrected chi connectivity index (χ3v) is 4.89. The maximum atomic E-state index is 14.1. The Labute approximate surface area is 169 Å². The van der Waals surface area contributed by atoms with Crippen molar-refractivity contribution in [1.82, 2.24) is 0 Å². The second-order valence-corrected chi connectivity index (χ2v) is 6.70. The van der Waals surface area contributed by atoms with Gasteiger partial charge < -0.3 is 9.47 Å². The van der Waals surface area contributed by atoms with Gasteiger partial charge in [-0.15, -0.1) is 0 Å². The van der Waals surface area contributed by atoms with Crippen LogP contribution in [0.4, 0.5) is 26.3 Å². The van der Waals surface area contributed by atoms with Gasteiger partial charge in [-0.2, -0.15) is 26.3 Å². The van der Waals surface area contributed by atoms with Gasteiger partial charge in [0.1, 0.15) is 17.3 Å². The molecule has 30 heavy (non-hydrogen) atoms. The van der Waals surface area contributed by atoms with E-state index in [1.165, 1.54) is 7.11 Å². The molecule has 2 aromatic carbocycles. The summed E-state index contributed by atoms with van der Waals surface area (Å²) in [5.41, 5.74) is -6.09. The zero-order valence-electron chi connectivity index (χ0n) is 15.8. The van der Waals surface area contributed by atoms with E-state index in [9.17, 15) is 26.3 Å². The van der Waals surface area contributed by atoms with E-state index in [4.69, 9.17) is 9.47 Å². The highest BCUT2D eigenvalue weighted by molar-refractivity contribution is 5.47. The molecule has 0 spiro atoms. The van der Waals surface area contributed by atoms with Crippen LogP contribution in [0.5, 0.6) is 11.5 Å². The van der Waals surface area contributed by atoms with E-state index in [1.807, 2.05) is 6.08 Å². The summed E-state index contributed by atoms with van der Waals surface area (Å²) in [5, 5.41) is 0. The number of benzene rings is 2. The van der Waals surface area contributed by atoms with Crippen molar-refractivity contribution in [2.75, 3.05) is 7.11 Å². The van der Waals surface area contributed by atoms with Crippen molar-refractivity contribution in [2.24, 2.45) is 0 Å². The molecule has 2 aromatic rings. The number of ether oxygens (including phenoxy) is 2. The minimum absolute atomic E-state index is 0.149. The highest BCUT2D eigenvalue weighted by Gasteiger charge is 2.72. The van der Waals surface area contributed by atoms with Crippen LogP contribution in [-0.2, 0) is 5.41 Å². The molecule has 0 N–H and O–H groups in total. The van der Waals surface area contributed by atoms with Gasteiger partial charge in [0.15, 0.2) is 0 Å². The maximum absolute atomic E-state index is 14.1. The summed E-state index contributed by atoms with van der Waals surface area (Å²) in [5.74, 6) is 0.891. The van der Waals surface area contributed by atoms with E-state index in [1.54, 1.807) is 12.2 Å². The molecule has 0 saturated carbocycles. The predicted octanol–water partition coefficient (Wildman–Crippen LogP) is 6.72. The van der Waals surface area contributed by atoms with Crippen molar-refractivity contribution < 1.29 is 35.8 Å². The Balaban J connectivity index is 2.09. The lowest BCUT2D eigenvalue weighted by molar-refractivity contribution is -0.288. The molecule has 1 aliphatic carbocycles. The van der Waals surface area contributed by atoms with Crippen LogP contribution in [0.15, 0.2) is 72.5 Å². The smallest absolute Gasteiger partial charge is 0.411 e. The number of hydrogen-bond donors (Lipinski definition) is 0. The lowest BCUT2D eigenvalue weighted by Gasteiger charge is -2.38. The molecule has 0 radical (unpaired) electrons. The first-order valence-electron chi connectivity index (χ1n) is 9.01. The third-order valence-electron chi connectivity index (χ3n) is 4.89. The zero-order chi connectivity index (χ0) is 22.0. The van der Waals surface area contributed by atoms with Gasteiger partial charge in [-0.3, -0.25) is 0 Å². The van der Waals surface area contributed by atoms with E-state index in [2.05, 4.69) is 0 Å². The van der Waals surface area contributed by atoms with Crippen LogP contribution < -0.4 is 9.47 Å². The first kappa shape index (κ1) is 21.8. The fourth-order valence-electron chi connectivity index (χ4n) is 3.41. The molecule has 0 bridgehead atoms. The minimum atomic E-state index is -5.64. The van der Waals surface area contributed by atoms with Gasteiger partial charge in [0.2, 0.25) is 5.41 Å². The summed E-state index contributed by atoms with van der Waals surface area (Å²) in [6, 6.07) is 7.55. The fourth-order valence-corrected chi connectivity index (χ4v) is 3.41. The van der Waals surface area contributed by atoms with Crippen molar-refractivity contribution in [2.45, 2.75) is 30.6 Å². The maximum Gasteiger partial charge on any atom is 0.411 e. The van der Waals surface area contributed by atoms with Crippen LogP contribution in [0.2, 0.25) is 0 Å². The number of hydrogen-bond acceptors (Lipinski definition) is 2. The summed E-state index contributed by atoms with van der Waals surface area (Å²) < 4.78 is 95.0. The summed E-state index contributed by atoms with van der Waals surface area (Å²) in [6.07, 6.45) is -4.55. The molecule has 8 heteroatoms. The minimum Gasteiger partial charge on any atom is -0.497 e. The molecule has 3 rings (SSSR count). The molecule has 1 aliphatic rings. The quantitative estimate of drug-likeness (QED) is 0.493. The molecule has 0 fully saturated rings. The highest BCUT2D eigenvalue weighted by atomic mass is 19.4. The topological polar surface area (TPSA) is 18.5 Å². The second kappa shape index (κ2) is 8.08. The summed E-state index contributed by atoms with van der Waals surface area (Å²) in [4.78, 5) is 0. The Kier molecular flexibility index (Phi) is 5.87. The average Bonchev–Trinajstić information content (AvgIpc) is 2.69. The molecule has 0 atom stereocenters. The van der Waals surface area contributed by atoms with Crippen molar-refractivity contribution in [3.8, 4) is 11.5 Å². The third kappa shape index (κ3) is 3.91. The van der Waals surface area contributed by atoms with Gasteiger partial charge in [0.25, 0.3) is 0 Å². The SMILES string of the molecule is COc1ccc(C(c2ccc(OC3=CC=CCC3)cc2)(C(F)(F)F)C(F)(F)F)cc1. The molecule has 2 nitrogen and oxygen atoms in total. The van der Waals surface area contributed by atoms with Crippen LogP contribution in [0, 0.1) is 0 Å². The number of methoxy groups -OCH3 is 1. The Hall–Kier alpha value is -2.90. The first-order chi connectivity index (χ1) is 14.1. The Morgan fingerprint density at radius 1 is 0.733 bits per heavy atom. The van der Waals surface area contributed by atoms with E-state index >= 15 is 0 Å². The second-order valence-electron chi connectivity index (χ2n) is 6.70. The standard InChI is InChI=1S/C22H18F6O2/c1-29-17-11-7-15(8-12-17)20(21(23,24)25,22(26,27)28)16-9-13-19(14-10-16)30-18-5-3-2-4-6-18/h2-3,5,7-14H,4,6H2,1H3. The van der Waals surface area contributed by atoms with Gasteiger partial charge in [0, 0.05) is 6.42 Å². The summed E-state index contributed by atoms with van der Waals surface area (Å²) >= 11 is 0. The van der Waals surface area contributed by atoms with Gasteiger partial charge in [-0.1, -0.05) is 36.4 Å². The summed E-state index contributed by atoms with van der Waals surface area (Å²) in [7, 11) is 1.27. The Morgan fingerprint density at radius 2 is 1.23 bits per heavy atom. The number of allylic oxidation sites excluding steroid dienone is 4. The van der Waals surface area contributed by atoms with Crippen molar-refractivity contribution in [3.05, 3.63) is 83.6 Å². The van der Waals surface area contributed by atoms with Gasteiger partial charge in [-0.05, 0) is 47.9 Å². The molecular formula is C22H18F6O2. The largest absolute Gasteiger partial charge is 0.497 e. The van der Waals surface area contributed by atoms with Crippen LogP contribution in [0.3, 0.4) is 0 Å². The molecular weight excluding hydrogens is 410 g/mol. The fraction of sp³-hybridized carbons (Fsp3) is 0.273. The Morgan fingerprint density at radius 3 is 1.63 bits per heavy atom. The van der Waals surface area contributed by atoms with E-state index < -0.39 is 28.9 Å². The predicted molar refractivity (Wildman–Crippen MR) is 99.4 cm³/mol. The lowest BCUT2D eigenvalue weighted by Crippen LogP contribution is -2.54. The molecule has 0 unspecified atom stereocenters. The van der Waals surface area contributed by atoms with Gasteiger partial charge in [0.05, 0.1) is 7.11 Å². The number of halogens is 6. The van der Waals surface area contributed by atoms with Crippen molar-refractivity contribution in [3.63, 3.8) is 0 Å².